The van der Waals surface area contributed by atoms with Crippen LogP contribution in [-0.4, -0.2) is 30.9 Å². The number of phenolic OH excluding ortho intramolecular Hbond substituents is 1. The fourth-order valence-electron chi connectivity index (χ4n) is 8.48. The van der Waals surface area contributed by atoms with Crippen LogP contribution >= 0.6 is 0 Å². The van der Waals surface area contributed by atoms with Gasteiger partial charge in [-0.25, -0.2) is 9.78 Å². The van der Waals surface area contributed by atoms with Crippen LogP contribution in [-0.2, 0) is 36.8 Å². The number of imidazole rings is 1. The van der Waals surface area contributed by atoms with E-state index in [0.29, 0.717) is 11.4 Å². The first-order valence-electron chi connectivity index (χ1n) is 21.8. The average molecular weight is 1030 g/mol. The summed E-state index contributed by atoms with van der Waals surface area (Å²) in [4.78, 5) is 26.1. The maximum Gasteiger partial charge on any atom is 0.372 e. The molecule has 328 valence electrons. The number of hydrogen-bond donors (Lipinski definition) is 2. The molecule has 2 N–H and O–H groups in total. The molecule has 0 bridgehead atoms. The molecular weight excluding hydrogens is 974 g/mol. The quantitative estimate of drug-likeness (QED) is 0.0894. The van der Waals surface area contributed by atoms with Gasteiger partial charge in [0.15, 0.2) is 0 Å². The molecule has 64 heavy (non-hydrogen) atoms. The molecule has 0 unspecified atom stereocenters. The summed E-state index contributed by atoms with van der Waals surface area (Å²) < 4.78 is 11.6. The molecule has 0 saturated heterocycles. The first kappa shape index (κ1) is 44.5. The number of fused-ring (bicyclic) bond motifs is 1. The number of nitrogens with zero attached hydrogens (tertiary/aromatic N) is 3. The maximum absolute atomic E-state index is 11.9. The van der Waals surface area contributed by atoms with Crippen LogP contribution in [0.3, 0.4) is 0 Å². The molecule has 0 radical (unpaired) electrons. The normalized spacial score (nSPS) is 12.2. The first-order valence-corrected chi connectivity index (χ1v) is 21.3. The maximum atomic E-state index is 11.9. The third-order valence-electron chi connectivity index (χ3n) is 11.8. The van der Waals surface area contributed by atoms with Gasteiger partial charge in [-0.3, -0.25) is 14.4 Å². The summed E-state index contributed by atoms with van der Waals surface area (Å²) in [5.41, 5.74) is 15.0. The number of aromatic hydroxyl groups is 1. The van der Waals surface area contributed by atoms with Gasteiger partial charge in [0.05, 0.1) is 22.2 Å². The van der Waals surface area contributed by atoms with Crippen LogP contribution in [0.25, 0.3) is 72.7 Å². The van der Waals surface area contributed by atoms with Crippen molar-refractivity contribution in [2.45, 2.75) is 86.0 Å². The van der Waals surface area contributed by atoms with Gasteiger partial charge >= 0.3 is 5.97 Å². The number of phenols is 1. The Morgan fingerprint density at radius 1 is 0.750 bits per heavy atom. The van der Waals surface area contributed by atoms with E-state index in [1.807, 2.05) is 58.0 Å². The van der Waals surface area contributed by atoms with Crippen molar-refractivity contribution >= 4 is 17.0 Å². The first-order chi connectivity index (χ1) is 30.2. The smallest absolute Gasteiger partial charge is 0.372 e. The molecule has 6 aromatic carbocycles. The molecular formula is C56H54N3O4Pt-. The zero-order chi connectivity index (χ0) is 45.9. The van der Waals surface area contributed by atoms with Gasteiger partial charge < -0.3 is 5.11 Å². The van der Waals surface area contributed by atoms with E-state index in [9.17, 15) is 11.3 Å². The zero-order valence-electron chi connectivity index (χ0n) is 39.0. The molecule has 0 amide bonds. The molecule has 8 aromatic rings. The summed E-state index contributed by atoms with van der Waals surface area (Å²) in [6.45, 7) is 21.0. The second-order valence-corrected chi connectivity index (χ2v) is 18.8. The van der Waals surface area contributed by atoms with Crippen LogP contribution in [0.1, 0.15) is 101 Å². The van der Waals surface area contributed by atoms with Crippen molar-refractivity contribution in [1.82, 2.24) is 14.5 Å². The van der Waals surface area contributed by atoms with Crippen LogP contribution < -0.4 is 0 Å². The van der Waals surface area contributed by atoms with Crippen molar-refractivity contribution in [2.24, 2.45) is 0 Å². The Kier molecular flexibility index (Phi) is 12.4. The SMILES string of the molecule is [2H]C(C)(C)c1cc(-n2c(-c3cc(C)cc(C)c3O)nc3c(-c4[c-]c(-c5cc(-c6ccc(C(=O)OO)cc6)ccn5)cc(C(C)(C)C)c4)cccc32)ccc1-c1ccccc1C(C)(C)C.[Pt]. The standard InChI is InChI=1S/C56H54N3O4.Pt/c1-33(2)46-32-42(22-23-44(46)45-14-11-12-16-48(45)56(8,9)10)59-50-17-13-15-43(51(50)58-53(59)47-27-34(3)26-35(4)52(47)60)39-28-40(30-41(29-39)55(5,6)7)49-31-38(24-25-57-49)36-18-20-37(21-19-36)54(61)63-62;/h11-27,29-33,60,62H,1-10H3;/q-1;/i33D;. The van der Waals surface area contributed by atoms with Crippen molar-refractivity contribution < 1.29 is 42.5 Å². The number of rotatable bonds is 8. The van der Waals surface area contributed by atoms with E-state index in [4.69, 9.17) is 15.2 Å². The average Bonchev–Trinajstić information content (AvgIpc) is 3.66. The number of aromatic nitrogens is 3. The fraction of sp³-hybridized carbons (Fsp3) is 0.232. The number of aryl methyl sites for hydroxylation is 2. The number of benzene rings is 6. The molecule has 0 fully saturated rings. The minimum atomic E-state index is -0.957. The molecule has 0 aliphatic carbocycles. The van der Waals surface area contributed by atoms with Gasteiger partial charge in [-0.2, -0.15) is 5.26 Å². The van der Waals surface area contributed by atoms with Gasteiger partial charge in [0.1, 0.15) is 11.6 Å². The van der Waals surface area contributed by atoms with E-state index in [2.05, 4.69) is 124 Å². The number of hydrogen-bond acceptors (Lipinski definition) is 6. The monoisotopic (exact) mass is 1030 g/mol. The second-order valence-electron chi connectivity index (χ2n) is 18.8. The van der Waals surface area contributed by atoms with Crippen LogP contribution in [0.15, 0.2) is 128 Å². The number of pyridine rings is 1. The van der Waals surface area contributed by atoms with E-state index in [1.54, 1.807) is 30.5 Å². The van der Waals surface area contributed by atoms with Gasteiger partial charge in [0.2, 0.25) is 0 Å². The van der Waals surface area contributed by atoms with Crippen molar-refractivity contribution in [3.63, 3.8) is 0 Å². The fourth-order valence-corrected chi connectivity index (χ4v) is 8.48. The van der Waals surface area contributed by atoms with E-state index < -0.39 is 11.9 Å². The number of carbonyl (C=O) groups excluding carboxylic acids is 1. The summed E-state index contributed by atoms with van der Waals surface area (Å²) in [6, 6.07) is 43.8. The molecule has 7 nitrogen and oxygen atoms in total. The topological polar surface area (TPSA) is 97.5 Å². The Hall–Kier alpha value is -6.14. The predicted octanol–water partition coefficient (Wildman–Crippen LogP) is 14.2. The van der Waals surface area contributed by atoms with Crippen molar-refractivity contribution in [3.05, 3.63) is 167 Å². The molecule has 0 spiro atoms. The minimum absolute atomic E-state index is 0. The van der Waals surface area contributed by atoms with Crippen LogP contribution in [0.2, 0.25) is 0 Å². The molecule has 8 heteroatoms. The molecule has 2 aromatic heterocycles. The molecule has 0 atom stereocenters. The van der Waals surface area contributed by atoms with Gasteiger partial charge in [-0.1, -0.05) is 133 Å². The van der Waals surface area contributed by atoms with E-state index in [1.165, 1.54) is 5.56 Å². The third-order valence-corrected chi connectivity index (χ3v) is 11.8. The predicted molar refractivity (Wildman–Crippen MR) is 256 cm³/mol. The summed E-state index contributed by atoms with van der Waals surface area (Å²) in [5, 5.41) is 20.6. The van der Waals surface area contributed by atoms with Crippen LogP contribution in [0.4, 0.5) is 0 Å². The summed E-state index contributed by atoms with van der Waals surface area (Å²) in [6.07, 6.45) is 1.77. The van der Waals surface area contributed by atoms with Gasteiger partial charge in [0.25, 0.3) is 0 Å². The minimum Gasteiger partial charge on any atom is -0.507 e. The summed E-state index contributed by atoms with van der Waals surface area (Å²) in [5.74, 6) is -1.03. The van der Waals surface area contributed by atoms with Crippen molar-refractivity contribution in [2.75, 3.05) is 0 Å². The van der Waals surface area contributed by atoms with E-state index >= 15 is 0 Å². The Balaban J connectivity index is 0.00000630. The summed E-state index contributed by atoms with van der Waals surface area (Å²) >= 11 is 0. The van der Waals surface area contributed by atoms with Crippen LogP contribution in [0, 0.1) is 19.9 Å². The largest absolute Gasteiger partial charge is 0.507 e. The van der Waals surface area contributed by atoms with Crippen molar-refractivity contribution in [3.8, 4) is 67.5 Å². The molecule has 0 aliphatic rings. The Morgan fingerprint density at radius 3 is 2.14 bits per heavy atom. The zero-order valence-corrected chi connectivity index (χ0v) is 40.3. The van der Waals surface area contributed by atoms with Gasteiger partial charge in [-0.05, 0) is 118 Å². The van der Waals surface area contributed by atoms with E-state index in [-0.39, 0.29) is 43.2 Å². The molecule has 2 heterocycles. The Bertz CT molecular complexity index is 3100. The van der Waals surface area contributed by atoms with Gasteiger partial charge in [-0.15, -0.1) is 29.3 Å². The third kappa shape index (κ3) is 8.85. The molecule has 0 saturated carbocycles. The van der Waals surface area contributed by atoms with E-state index in [0.717, 1.165) is 83.6 Å². The Morgan fingerprint density at radius 2 is 1.45 bits per heavy atom. The van der Waals surface area contributed by atoms with Gasteiger partial charge in [0, 0.05) is 40.0 Å². The molecule has 8 rings (SSSR count). The van der Waals surface area contributed by atoms with Crippen LogP contribution in [0.5, 0.6) is 5.75 Å². The number of carbonyl (C=O) groups is 1. The Labute approximate surface area is 392 Å². The molecule has 0 aliphatic heterocycles. The summed E-state index contributed by atoms with van der Waals surface area (Å²) in [7, 11) is 0. The van der Waals surface area contributed by atoms with Crippen molar-refractivity contribution in [1.29, 1.82) is 0 Å². The number of para-hydroxylation sites is 1. The second kappa shape index (κ2) is 17.8.